The molecule has 1 aromatic carbocycles. The first-order valence-corrected chi connectivity index (χ1v) is 8.20. The largest absolute Gasteiger partial charge is 0.465 e. The smallest absolute Gasteiger partial charge is 0.340 e. The summed E-state index contributed by atoms with van der Waals surface area (Å²) in [7, 11) is 1.37. The van der Waals surface area contributed by atoms with E-state index in [1.165, 1.54) is 7.11 Å². The molecule has 0 unspecified atom stereocenters. The molecular weight excluding hydrogens is 408 g/mol. The highest BCUT2D eigenvalue weighted by atomic mass is 79.9. The number of rotatable bonds is 4. The molecule has 0 aliphatic carbocycles. The molecule has 0 atom stereocenters. The van der Waals surface area contributed by atoms with Gasteiger partial charge in [-0.3, -0.25) is 0 Å². The van der Waals surface area contributed by atoms with Crippen LogP contribution in [0.5, 0.6) is 0 Å². The minimum Gasteiger partial charge on any atom is -0.465 e. The van der Waals surface area contributed by atoms with Gasteiger partial charge in [-0.05, 0) is 35.0 Å². The second-order valence-corrected chi connectivity index (χ2v) is 6.75. The van der Waals surface area contributed by atoms with Crippen LogP contribution < -0.4 is 5.32 Å². The van der Waals surface area contributed by atoms with Gasteiger partial charge in [0, 0.05) is 20.0 Å². The molecule has 0 bridgehead atoms. The monoisotopic (exact) mass is 418 g/mol. The SMILES string of the molecule is COC(=O)c1cc(Br)cc(Br)c1NCc1nc(C)cs1. The molecule has 0 saturated carbocycles. The van der Waals surface area contributed by atoms with Gasteiger partial charge in [-0.25, -0.2) is 9.78 Å². The zero-order valence-electron chi connectivity index (χ0n) is 10.9. The number of aryl methyl sites for hydroxylation is 1. The number of thiazole rings is 1. The minimum absolute atomic E-state index is 0.384. The molecule has 2 rings (SSSR count). The number of aromatic nitrogens is 1. The average molecular weight is 420 g/mol. The number of esters is 1. The quantitative estimate of drug-likeness (QED) is 0.747. The van der Waals surface area contributed by atoms with Crippen molar-refractivity contribution >= 4 is 54.9 Å². The minimum atomic E-state index is -0.384. The van der Waals surface area contributed by atoms with Crippen molar-refractivity contribution in [3.05, 3.63) is 42.7 Å². The highest BCUT2D eigenvalue weighted by Gasteiger charge is 2.16. The van der Waals surface area contributed by atoms with E-state index in [1.807, 2.05) is 18.4 Å². The van der Waals surface area contributed by atoms with Gasteiger partial charge in [-0.1, -0.05) is 15.9 Å². The van der Waals surface area contributed by atoms with E-state index in [9.17, 15) is 4.79 Å². The highest BCUT2D eigenvalue weighted by Crippen LogP contribution is 2.31. The average Bonchev–Trinajstić information content (AvgIpc) is 2.81. The number of nitrogens with one attached hydrogen (secondary N) is 1. The lowest BCUT2D eigenvalue weighted by Crippen LogP contribution is -2.09. The fraction of sp³-hybridized carbons (Fsp3) is 0.231. The summed E-state index contributed by atoms with van der Waals surface area (Å²) in [6.45, 7) is 2.51. The van der Waals surface area contributed by atoms with Crippen molar-refractivity contribution in [1.82, 2.24) is 4.98 Å². The summed E-state index contributed by atoms with van der Waals surface area (Å²) in [5, 5.41) is 6.19. The number of carbonyl (C=O) groups excluding carboxylic acids is 1. The van der Waals surface area contributed by atoms with Crippen molar-refractivity contribution in [2.24, 2.45) is 0 Å². The van der Waals surface area contributed by atoms with Crippen molar-refractivity contribution < 1.29 is 9.53 Å². The summed E-state index contributed by atoms with van der Waals surface area (Å²) < 4.78 is 6.41. The summed E-state index contributed by atoms with van der Waals surface area (Å²) in [4.78, 5) is 16.2. The van der Waals surface area contributed by atoms with E-state index < -0.39 is 0 Å². The van der Waals surface area contributed by atoms with Gasteiger partial charge in [-0.15, -0.1) is 11.3 Å². The van der Waals surface area contributed by atoms with Gasteiger partial charge in [0.25, 0.3) is 0 Å². The van der Waals surface area contributed by atoms with Crippen molar-refractivity contribution in [3.63, 3.8) is 0 Å². The number of methoxy groups -OCH3 is 1. The van der Waals surface area contributed by atoms with E-state index >= 15 is 0 Å². The second-order valence-electron chi connectivity index (χ2n) is 4.04. The Bertz CT molecular complexity index is 643. The first kappa shape index (κ1) is 15.5. The van der Waals surface area contributed by atoms with Crippen molar-refractivity contribution in [2.75, 3.05) is 12.4 Å². The first-order valence-electron chi connectivity index (χ1n) is 5.73. The van der Waals surface area contributed by atoms with Gasteiger partial charge in [0.15, 0.2) is 0 Å². The Kier molecular flexibility index (Phi) is 5.17. The van der Waals surface area contributed by atoms with Crippen LogP contribution in [-0.4, -0.2) is 18.1 Å². The van der Waals surface area contributed by atoms with Gasteiger partial charge in [0.1, 0.15) is 5.01 Å². The Morgan fingerprint density at radius 2 is 2.20 bits per heavy atom. The molecule has 0 fully saturated rings. The second kappa shape index (κ2) is 6.69. The van der Waals surface area contributed by atoms with E-state index in [0.717, 1.165) is 19.6 Å². The Balaban J connectivity index is 2.27. The summed E-state index contributed by atoms with van der Waals surface area (Å²) in [6.07, 6.45) is 0. The van der Waals surface area contributed by atoms with E-state index in [2.05, 4.69) is 42.2 Å². The molecule has 1 N–H and O–H groups in total. The first-order chi connectivity index (χ1) is 9.51. The van der Waals surface area contributed by atoms with Gasteiger partial charge in [0.2, 0.25) is 0 Å². The number of anilines is 1. The van der Waals surface area contributed by atoms with Gasteiger partial charge in [0.05, 0.1) is 24.9 Å². The Morgan fingerprint density at radius 1 is 1.45 bits per heavy atom. The van der Waals surface area contributed by atoms with E-state index in [1.54, 1.807) is 17.4 Å². The Labute approximate surface area is 137 Å². The zero-order valence-corrected chi connectivity index (χ0v) is 14.9. The number of hydrogen-bond donors (Lipinski definition) is 1. The van der Waals surface area contributed by atoms with Crippen LogP contribution in [0.15, 0.2) is 26.5 Å². The molecule has 7 heteroatoms. The van der Waals surface area contributed by atoms with Gasteiger partial charge in [-0.2, -0.15) is 0 Å². The highest BCUT2D eigenvalue weighted by molar-refractivity contribution is 9.11. The predicted molar refractivity (Wildman–Crippen MR) is 87.4 cm³/mol. The molecular formula is C13H12Br2N2O2S. The molecule has 0 amide bonds. The summed E-state index contributed by atoms with van der Waals surface area (Å²) in [5.74, 6) is -0.384. The van der Waals surface area contributed by atoms with Crippen LogP contribution in [0.25, 0.3) is 0 Å². The summed E-state index contributed by atoms with van der Waals surface area (Å²) in [5.41, 5.74) is 2.17. The molecule has 1 heterocycles. The maximum absolute atomic E-state index is 11.8. The molecule has 2 aromatic rings. The fourth-order valence-corrected chi connectivity index (χ4v) is 3.75. The molecule has 4 nitrogen and oxygen atoms in total. The third-order valence-electron chi connectivity index (χ3n) is 2.54. The van der Waals surface area contributed by atoms with Crippen LogP contribution in [0.1, 0.15) is 21.1 Å². The molecule has 0 aliphatic heterocycles. The van der Waals surface area contributed by atoms with Crippen LogP contribution in [-0.2, 0) is 11.3 Å². The van der Waals surface area contributed by atoms with Crippen LogP contribution in [0.2, 0.25) is 0 Å². The lowest BCUT2D eigenvalue weighted by atomic mass is 10.2. The number of halogens is 2. The Morgan fingerprint density at radius 3 is 2.80 bits per heavy atom. The van der Waals surface area contributed by atoms with Gasteiger partial charge < -0.3 is 10.1 Å². The fourth-order valence-electron chi connectivity index (χ4n) is 1.67. The number of benzene rings is 1. The molecule has 20 heavy (non-hydrogen) atoms. The molecule has 0 saturated heterocycles. The third-order valence-corrected chi connectivity index (χ3v) is 4.59. The number of carbonyl (C=O) groups is 1. The predicted octanol–water partition coefficient (Wildman–Crippen LogP) is 4.38. The van der Waals surface area contributed by atoms with Crippen molar-refractivity contribution in [2.45, 2.75) is 13.5 Å². The molecule has 106 valence electrons. The van der Waals surface area contributed by atoms with Crippen molar-refractivity contribution in [1.29, 1.82) is 0 Å². The Hall–Kier alpha value is -0.920. The van der Waals surface area contributed by atoms with Crippen molar-refractivity contribution in [3.8, 4) is 0 Å². The van der Waals surface area contributed by atoms with Gasteiger partial charge >= 0.3 is 5.97 Å². The zero-order chi connectivity index (χ0) is 14.7. The third kappa shape index (κ3) is 3.59. The van der Waals surface area contributed by atoms with Crippen LogP contribution >= 0.6 is 43.2 Å². The van der Waals surface area contributed by atoms with Crippen LogP contribution in [0.3, 0.4) is 0 Å². The maximum Gasteiger partial charge on any atom is 0.340 e. The molecule has 0 aliphatic rings. The molecule has 0 spiro atoms. The van der Waals surface area contributed by atoms with E-state index in [0.29, 0.717) is 17.8 Å². The molecule has 1 aromatic heterocycles. The number of ether oxygens (including phenoxy) is 1. The lowest BCUT2D eigenvalue weighted by Gasteiger charge is -2.12. The lowest BCUT2D eigenvalue weighted by molar-refractivity contribution is 0.0601. The standard InChI is InChI=1S/C13H12Br2N2O2S/c1-7-6-20-11(17-7)5-16-12-9(13(18)19-2)3-8(14)4-10(12)15/h3-4,6,16H,5H2,1-2H3. The van der Waals surface area contributed by atoms with Crippen LogP contribution in [0, 0.1) is 6.92 Å². The van der Waals surface area contributed by atoms with E-state index in [4.69, 9.17) is 4.74 Å². The maximum atomic E-state index is 11.8. The van der Waals surface area contributed by atoms with E-state index in [-0.39, 0.29) is 5.97 Å². The van der Waals surface area contributed by atoms with Crippen LogP contribution in [0.4, 0.5) is 5.69 Å². The molecule has 0 radical (unpaired) electrons. The number of hydrogen-bond acceptors (Lipinski definition) is 5. The summed E-state index contributed by atoms with van der Waals surface area (Å²) in [6, 6.07) is 3.61. The number of nitrogens with zero attached hydrogens (tertiary/aromatic N) is 1. The summed E-state index contributed by atoms with van der Waals surface area (Å²) >= 11 is 8.41. The normalized spacial score (nSPS) is 10.4. The topological polar surface area (TPSA) is 51.2 Å².